The van der Waals surface area contributed by atoms with Crippen LogP contribution in [0.4, 0.5) is 0 Å². The van der Waals surface area contributed by atoms with E-state index < -0.39 is 29.1 Å². The van der Waals surface area contributed by atoms with E-state index >= 15 is 0 Å². The Morgan fingerprint density at radius 3 is 1.84 bits per heavy atom. The Hall–Kier alpha value is -3.69. The van der Waals surface area contributed by atoms with Gasteiger partial charge < -0.3 is 24.1 Å². The predicted molar refractivity (Wildman–Crippen MR) is 161 cm³/mol. The van der Waals surface area contributed by atoms with Crippen LogP contribution in [0.25, 0.3) is 6.08 Å². The zero-order valence-corrected chi connectivity index (χ0v) is 26.8. The maximum absolute atomic E-state index is 12.7. The highest BCUT2D eigenvalue weighted by Crippen LogP contribution is 2.30. The van der Waals surface area contributed by atoms with E-state index in [2.05, 4.69) is 0 Å². The first-order valence-electron chi connectivity index (χ1n) is 14.8. The Kier molecular flexibility index (Phi) is 15.1. The quantitative estimate of drug-likeness (QED) is 0.0940. The summed E-state index contributed by atoms with van der Waals surface area (Å²) in [6.07, 6.45) is 5.43. The number of hydrogen-bond acceptors (Lipinski definition) is 9. The van der Waals surface area contributed by atoms with Crippen molar-refractivity contribution in [3.8, 4) is 11.5 Å². The number of esters is 4. The zero-order chi connectivity index (χ0) is 32.8. The topological polar surface area (TPSA) is 142 Å². The number of carbonyl (C=O) groups is 5. The van der Waals surface area contributed by atoms with Crippen LogP contribution < -0.4 is 9.47 Å². The van der Waals surface area contributed by atoms with Crippen molar-refractivity contribution in [3.05, 3.63) is 29.8 Å². The van der Waals surface area contributed by atoms with Gasteiger partial charge in [-0.3, -0.25) is 19.2 Å². The van der Waals surface area contributed by atoms with Crippen LogP contribution in [-0.4, -0.2) is 46.2 Å². The molecule has 0 saturated carbocycles. The molecule has 0 heterocycles. The summed E-state index contributed by atoms with van der Waals surface area (Å²) in [7, 11) is 0. The lowest BCUT2D eigenvalue weighted by Crippen LogP contribution is -2.30. The third kappa shape index (κ3) is 17.1. The zero-order valence-electron chi connectivity index (χ0n) is 26.8. The van der Waals surface area contributed by atoms with E-state index in [9.17, 15) is 24.0 Å². The SMILES string of the molecule is CC(CCCC(=O)Oc1cc(/C=C/C(=O)O)ccc1OC(=O)CCCCCC(=O)OC(C)(C)C)C(C)C(=O)OC(C)(C)C. The third-order valence-electron chi connectivity index (χ3n) is 6.19. The molecule has 0 aliphatic heterocycles. The monoisotopic (exact) mass is 604 g/mol. The van der Waals surface area contributed by atoms with Gasteiger partial charge in [0.05, 0.1) is 5.92 Å². The molecule has 43 heavy (non-hydrogen) atoms. The lowest BCUT2D eigenvalue weighted by Gasteiger charge is -2.25. The molecule has 0 saturated heterocycles. The number of unbranched alkanes of at least 4 members (excludes halogenated alkanes) is 2. The van der Waals surface area contributed by atoms with Crippen LogP contribution in [0.5, 0.6) is 11.5 Å². The highest BCUT2D eigenvalue weighted by Gasteiger charge is 2.26. The second-order valence-electron chi connectivity index (χ2n) is 12.7. The number of carboxylic acids is 1. The fourth-order valence-electron chi connectivity index (χ4n) is 3.86. The summed E-state index contributed by atoms with van der Waals surface area (Å²) in [6.45, 7) is 14.6. The minimum absolute atomic E-state index is 0.00835. The highest BCUT2D eigenvalue weighted by molar-refractivity contribution is 5.85. The van der Waals surface area contributed by atoms with E-state index in [1.807, 2.05) is 27.7 Å². The van der Waals surface area contributed by atoms with E-state index in [4.69, 9.17) is 24.1 Å². The van der Waals surface area contributed by atoms with Gasteiger partial charge in [0.25, 0.3) is 0 Å². The Balaban J connectivity index is 2.73. The molecule has 240 valence electrons. The van der Waals surface area contributed by atoms with Crippen molar-refractivity contribution in [3.63, 3.8) is 0 Å². The summed E-state index contributed by atoms with van der Waals surface area (Å²) in [5.41, 5.74) is -0.682. The molecule has 1 aromatic carbocycles. The van der Waals surface area contributed by atoms with Crippen LogP contribution in [0.15, 0.2) is 24.3 Å². The number of carboxylic acid groups (broad SMARTS) is 1. The van der Waals surface area contributed by atoms with Gasteiger partial charge in [-0.1, -0.05) is 26.3 Å². The van der Waals surface area contributed by atoms with Gasteiger partial charge in [0, 0.05) is 25.3 Å². The van der Waals surface area contributed by atoms with Gasteiger partial charge in [-0.15, -0.1) is 0 Å². The first-order chi connectivity index (χ1) is 19.9. The van der Waals surface area contributed by atoms with Crippen molar-refractivity contribution in [2.45, 2.75) is 118 Å². The Labute approximate surface area is 255 Å². The number of rotatable bonds is 16. The standard InChI is InChI=1S/C33H48O10/c1-22(23(2)31(39)43-33(6,7)8)13-12-16-29(37)41-26-21-24(18-20-27(34)35)17-19-25(26)40-28(36)14-10-9-11-15-30(38)42-32(3,4)5/h17-23H,9-16H2,1-8H3,(H,34,35)/b20-18+. The van der Waals surface area contributed by atoms with Crippen LogP contribution in [0.1, 0.15) is 112 Å². The highest BCUT2D eigenvalue weighted by atomic mass is 16.6. The molecule has 10 nitrogen and oxygen atoms in total. The Bertz CT molecular complexity index is 1140. The van der Waals surface area contributed by atoms with Crippen molar-refractivity contribution in [1.29, 1.82) is 0 Å². The average molecular weight is 605 g/mol. The molecule has 1 N–H and O–H groups in total. The lowest BCUT2D eigenvalue weighted by molar-refractivity contribution is -0.161. The second kappa shape index (κ2) is 17.4. The molecule has 0 spiro atoms. The fraction of sp³-hybridized carbons (Fsp3) is 0.606. The first kappa shape index (κ1) is 37.3. The lowest BCUT2D eigenvalue weighted by atomic mass is 9.91. The van der Waals surface area contributed by atoms with Crippen molar-refractivity contribution >= 4 is 35.9 Å². The molecule has 0 bridgehead atoms. The molecular formula is C33H48O10. The van der Waals surface area contributed by atoms with Gasteiger partial charge >= 0.3 is 29.8 Å². The molecule has 0 radical (unpaired) electrons. The van der Waals surface area contributed by atoms with Gasteiger partial charge in [0.1, 0.15) is 11.2 Å². The fourth-order valence-corrected chi connectivity index (χ4v) is 3.86. The summed E-state index contributed by atoms with van der Waals surface area (Å²) in [5, 5.41) is 8.94. The number of ether oxygens (including phenoxy) is 4. The van der Waals surface area contributed by atoms with Crippen molar-refractivity contribution in [1.82, 2.24) is 0 Å². The minimum atomic E-state index is -1.14. The smallest absolute Gasteiger partial charge is 0.328 e. The first-order valence-corrected chi connectivity index (χ1v) is 14.8. The molecule has 10 heteroatoms. The minimum Gasteiger partial charge on any atom is -0.478 e. The van der Waals surface area contributed by atoms with Crippen LogP contribution in [0, 0.1) is 11.8 Å². The molecule has 2 atom stereocenters. The molecule has 0 aliphatic carbocycles. The predicted octanol–water partition coefficient (Wildman–Crippen LogP) is 6.67. The number of benzene rings is 1. The molecule has 0 aliphatic rings. The summed E-state index contributed by atoms with van der Waals surface area (Å²) in [6, 6.07) is 4.41. The van der Waals surface area contributed by atoms with Crippen LogP contribution >= 0.6 is 0 Å². The van der Waals surface area contributed by atoms with Crippen molar-refractivity contribution in [2.75, 3.05) is 0 Å². The number of carbonyl (C=O) groups excluding carboxylic acids is 4. The summed E-state index contributed by atoms with van der Waals surface area (Å²) in [4.78, 5) is 60.3. The van der Waals surface area contributed by atoms with E-state index in [0.717, 1.165) is 6.08 Å². The van der Waals surface area contributed by atoms with Gasteiger partial charge in [0.2, 0.25) is 0 Å². The van der Waals surface area contributed by atoms with Crippen molar-refractivity contribution in [2.24, 2.45) is 11.8 Å². The molecule has 2 unspecified atom stereocenters. The maximum Gasteiger partial charge on any atom is 0.328 e. The van der Waals surface area contributed by atoms with E-state index in [1.165, 1.54) is 18.2 Å². The largest absolute Gasteiger partial charge is 0.478 e. The van der Waals surface area contributed by atoms with Crippen LogP contribution in [0.2, 0.25) is 0 Å². The molecule has 1 rings (SSSR count). The maximum atomic E-state index is 12.7. The van der Waals surface area contributed by atoms with Gasteiger partial charge in [-0.25, -0.2) is 4.79 Å². The summed E-state index contributed by atoms with van der Waals surface area (Å²) < 4.78 is 21.7. The van der Waals surface area contributed by atoms with Gasteiger partial charge in [-0.05, 0) is 96.9 Å². The number of aliphatic carboxylic acids is 1. The van der Waals surface area contributed by atoms with Gasteiger partial charge in [-0.2, -0.15) is 0 Å². The van der Waals surface area contributed by atoms with E-state index in [1.54, 1.807) is 33.8 Å². The number of hydrogen-bond donors (Lipinski definition) is 1. The molecule has 0 amide bonds. The second-order valence-corrected chi connectivity index (χ2v) is 12.7. The van der Waals surface area contributed by atoms with Gasteiger partial charge in [0.15, 0.2) is 11.5 Å². The third-order valence-corrected chi connectivity index (χ3v) is 6.19. The Morgan fingerprint density at radius 2 is 1.28 bits per heavy atom. The van der Waals surface area contributed by atoms with Crippen LogP contribution in [-0.2, 0) is 33.4 Å². The average Bonchev–Trinajstić information content (AvgIpc) is 2.85. The Morgan fingerprint density at radius 1 is 0.744 bits per heavy atom. The molecular weight excluding hydrogens is 556 g/mol. The summed E-state index contributed by atoms with van der Waals surface area (Å²) in [5.74, 6) is -3.14. The van der Waals surface area contributed by atoms with E-state index in [-0.39, 0.29) is 54.5 Å². The molecule has 0 aromatic heterocycles. The van der Waals surface area contributed by atoms with Crippen molar-refractivity contribution < 1.29 is 48.0 Å². The molecule has 1 aromatic rings. The van der Waals surface area contributed by atoms with E-state index in [0.29, 0.717) is 37.7 Å². The van der Waals surface area contributed by atoms with Crippen LogP contribution in [0.3, 0.4) is 0 Å². The molecule has 0 fully saturated rings. The normalized spacial score (nSPS) is 13.2. The summed E-state index contributed by atoms with van der Waals surface area (Å²) >= 11 is 0.